The van der Waals surface area contributed by atoms with Crippen molar-refractivity contribution >= 4 is 3.21 Å². The Morgan fingerprint density at radius 3 is 1.73 bits per heavy atom. The molecule has 0 aliphatic heterocycles. The van der Waals surface area contributed by atoms with Crippen molar-refractivity contribution in [3.8, 4) is 11.1 Å². The summed E-state index contributed by atoms with van der Waals surface area (Å²) in [6.45, 7) is 15.5. The minimum atomic E-state index is -4.49. The van der Waals surface area contributed by atoms with E-state index in [1.807, 2.05) is 0 Å². The van der Waals surface area contributed by atoms with Crippen LogP contribution in [0.25, 0.3) is 11.1 Å². The Labute approximate surface area is 325 Å². The number of fused-ring (bicyclic) bond motifs is 3. The molecule has 0 heterocycles. The van der Waals surface area contributed by atoms with Crippen LogP contribution in [0.3, 0.4) is 0 Å². The summed E-state index contributed by atoms with van der Waals surface area (Å²) < 4.78 is 76.7. The average molecular weight is 821 g/mol. The van der Waals surface area contributed by atoms with E-state index in [2.05, 4.69) is 103 Å². The second-order valence-electron chi connectivity index (χ2n) is 13.9. The molecule has 0 amide bonds. The van der Waals surface area contributed by atoms with Gasteiger partial charge in [0.25, 0.3) is 0 Å². The van der Waals surface area contributed by atoms with E-state index in [9.17, 15) is 26.3 Å². The van der Waals surface area contributed by atoms with Crippen LogP contribution in [-0.2, 0) is 43.0 Å². The third-order valence-electron chi connectivity index (χ3n) is 8.42. The number of hydrogen-bond acceptors (Lipinski definition) is 0. The van der Waals surface area contributed by atoms with Gasteiger partial charge < -0.3 is 24.8 Å². The number of rotatable bonds is 3. The number of alkyl halides is 6. The SMILES string of the molecule is CC(C)C1[C-]=CC(C(C)(C)C)=C1.Cc1[c-]c2c(cc1)-c1ccc(C)cc1C2.FC(F)(F)c1cccc([C](=[Zr+2])c2cccc(C(F)(F)F)c2)c1.[Cl-].[Cl-]. The molecule has 0 spiro atoms. The fraction of sp³-hybridized carbons (Fsp3) is 0.310. The Kier molecular flexibility index (Phi) is 15.6. The van der Waals surface area contributed by atoms with E-state index >= 15 is 0 Å². The van der Waals surface area contributed by atoms with Gasteiger partial charge in [-0.2, -0.15) is 35.4 Å². The third-order valence-corrected chi connectivity index (χ3v) is 9.84. The zero-order chi connectivity index (χ0) is 36.3. The molecule has 0 aromatic heterocycles. The normalized spacial score (nSPS) is 14.5. The molecule has 4 aromatic carbocycles. The van der Waals surface area contributed by atoms with Gasteiger partial charge in [0.2, 0.25) is 0 Å². The van der Waals surface area contributed by atoms with E-state index in [-0.39, 0.29) is 41.4 Å². The summed E-state index contributed by atoms with van der Waals surface area (Å²) in [5.41, 5.74) is 8.77. The predicted molar refractivity (Wildman–Crippen MR) is 183 cm³/mol. The Bertz CT molecular complexity index is 1770. The van der Waals surface area contributed by atoms with Crippen molar-refractivity contribution in [1.82, 2.24) is 0 Å². The molecule has 270 valence electrons. The minimum Gasteiger partial charge on any atom is -1.00 e. The van der Waals surface area contributed by atoms with E-state index in [0.29, 0.717) is 15.0 Å². The van der Waals surface area contributed by atoms with Gasteiger partial charge in [0, 0.05) is 0 Å². The molecule has 2 aliphatic carbocycles. The van der Waals surface area contributed by atoms with Gasteiger partial charge in [-0.15, -0.1) is 11.1 Å². The quantitative estimate of drug-likeness (QED) is 0.152. The van der Waals surface area contributed by atoms with Crippen LogP contribution >= 0.6 is 0 Å². The standard InChI is InChI=1S/C15H8F6.C15H13.C12H19.2ClH.Zr/c16-14(17,18)12-5-1-3-10(8-12)7-11-4-2-6-13(9-11)15(19,20)21;1-10-3-5-14-12(7-10)9-13-8-11(2)4-6-15(13)14;1-9(2)10-6-7-11(8-10)12(3,4)5;;;/h1-6,8-9H;3-7H,9H2,1-2H3;7-10H,1-5H3;2*1H;/q;2*-1;;;+2/p-2. The second-order valence-corrected chi connectivity index (χ2v) is 15.1. The van der Waals surface area contributed by atoms with Crippen LogP contribution in [0.1, 0.15) is 79.1 Å². The monoisotopic (exact) mass is 818 g/mol. The van der Waals surface area contributed by atoms with Crippen molar-refractivity contribution in [1.29, 1.82) is 0 Å². The summed E-state index contributed by atoms with van der Waals surface area (Å²) in [7, 11) is 0. The first kappa shape index (κ1) is 44.4. The molecule has 4 aromatic rings. The third kappa shape index (κ3) is 11.9. The first-order valence-corrected chi connectivity index (χ1v) is 17.3. The molecule has 51 heavy (non-hydrogen) atoms. The van der Waals surface area contributed by atoms with E-state index in [1.54, 1.807) is 0 Å². The maximum Gasteiger partial charge on any atom is -1.00 e. The molecule has 0 bridgehead atoms. The molecule has 1 unspecified atom stereocenters. The van der Waals surface area contributed by atoms with Gasteiger partial charge in [-0.05, 0) is 18.9 Å². The molecule has 0 saturated heterocycles. The zero-order valence-corrected chi connectivity index (χ0v) is 33.5. The minimum absolute atomic E-state index is 0. The van der Waals surface area contributed by atoms with Crippen LogP contribution in [0.2, 0.25) is 0 Å². The zero-order valence-electron chi connectivity index (χ0n) is 29.5. The molecule has 0 nitrogen and oxygen atoms in total. The van der Waals surface area contributed by atoms with Gasteiger partial charge in [0.1, 0.15) is 0 Å². The fourth-order valence-corrected chi connectivity index (χ4v) is 6.33. The van der Waals surface area contributed by atoms with E-state index in [4.69, 9.17) is 0 Å². The Hall–Kier alpha value is -2.73. The van der Waals surface area contributed by atoms with Gasteiger partial charge in [0.05, 0.1) is 0 Å². The van der Waals surface area contributed by atoms with Crippen molar-refractivity contribution in [2.75, 3.05) is 0 Å². The number of aryl methyl sites for hydroxylation is 2. The molecule has 6 rings (SSSR count). The smallest absolute Gasteiger partial charge is 1.00 e. The van der Waals surface area contributed by atoms with E-state index in [1.165, 1.54) is 63.2 Å². The Balaban J connectivity index is 0.000000273. The van der Waals surface area contributed by atoms with Crippen LogP contribution < -0.4 is 24.8 Å². The van der Waals surface area contributed by atoms with Gasteiger partial charge in [-0.1, -0.05) is 88.1 Å². The number of hydrogen-bond donors (Lipinski definition) is 0. The molecule has 1 atom stereocenters. The number of halogens is 8. The van der Waals surface area contributed by atoms with E-state index < -0.39 is 23.5 Å². The van der Waals surface area contributed by atoms with Crippen molar-refractivity contribution in [3.63, 3.8) is 0 Å². The van der Waals surface area contributed by atoms with Crippen molar-refractivity contribution < 1.29 is 75.4 Å². The van der Waals surface area contributed by atoms with Crippen LogP contribution in [0, 0.1) is 43.2 Å². The first-order valence-electron chi connectivity index (χ1n) is 16.1. The maximum atomic E-state index is 12.7. The van der Waals surface area contributed by atoms with E-state index in [0.717, 1.165) is 54.9 Å². The number of benzene rings is 4. The predicted octanol–water partition coefficient (Wildman–Crippen LogP) is 6.13. The summed E-state index contributed by atoms with van der Waals surface area (Å²) in [4.78, 5) is 0. The molecule has 2 aliphatic rings. The van der Waals surface area contributed by atoms with Crippen molar-refractivity contribution in [2.24, 2.45) is 17.3 Å². The van der Waals surface area contributed by atoms with Crippen molar-refractivity contribution in [3.05, 3.63) is 153 Å². The largest absolute Gasteiger partial charge is 1.00 e. The molecule has 0 N–H and O–H groups in total. The van der Waals surface area contributed by atoms with Crippen LogP contribution in [0.4, 0.5) is 26.3 Å². The molecule has 0 saturated carbocycles. The topological polar surface area (TPSA) is 0 Å². The Morgan fingerprint density at radius 1 is 0.745 bits per heavy atom. The summed E-state index contributed by atoms with van der Waals surface area (Å²) in [5, 5.41) is 0. The van der Waals surface area contributed by atoms with Gasteiger partial charge in [0.15, 0.2) is 0 Å². The first-order chi connectivity index (χ1) is 22.7. The van der Waals surface area contributed by atoms with Crippen LogP contribution in [-0.4, -0.2) is 3.21 Å². The molecule has 0 radical (unpaired) electrons. The average Bonchev–Trinajstić information content (AvgIpc) is 3.66. The molecular formula is C42H40Cl2F6Zr-2. The summed E-state index contributed by atoms with van der Waals surface area (Å²) >= 11 is 0.729. The number of allylic oxidation sites excluding steroid dienone is 4. The van der Waals surface area contributed by atoms with Gasteiger partial charge >= 0.3 is 137 Å². The van der Waals surface area contributed by atoms with Crippen molar-refractivity contribution in [2.45, 2.75) is 67.2 Å². The van der Waals surface area contributed by atoms with Gasteiger partial charge in [-0.3, -0.25) is 6.08 Å². The summed E-state index contributed by atoms with van der Waals surface area (Å²) in [6, 6.07) is 23.7. The molecule has 9 heteroatoms. The van der Waals surface area contributed by atoms with Crippen LogP contribution in [0.15, 0.2) is 96.6 Å². The molecular weight excluding hydrogens is 781 g/mol. The fourth-order valence-electron chi connectivity index (χ4n) is 5.57. The maximum absolute atomic E-state index is 12.7. The Morgan fingerprint density at radius 2 is 1.27 bits per heavy atom. The van der Waals surface area contributed by atoms with Gasteiger partial charge in [-0.25, -0.2) is 6.08 Å². The molecule has 0 fully saturated rings. The summed E-state index contributed by atoms with van der Waals surface area (Å²) in [5.74, 6) is 1.22. The second kappa shape index (κ2) is 17.9. The summed E-state index contributed by atoms with van der Waals surface area (Å²) in [6.07, 6.45) is -0.0179. The van der Waals surface area contributed by atoms with Crippen LogP contribution in [0.5, 0.6) is 0 Å².